The molecule has 3 nitrogen and oxygen atoms in total. The zero-order valence-corrected chi connectivity index (χ0v) is 11.0. The second kappa shape index (κ2) is 5.97. The second-order valence-corrected chi connectivity index (χ2v) is 4.44. The Morgan fingerprint density at radius 3 is 2.69 bits per heavy atom. The summed E-state index contributed by atoms with van der Waals surface area (Å²) >= 11 is 6.17. The molecule has 1 unspecified atom stereocenters. The number of anilines is 2. The normalized spacial score (nSPS) is 12.3. The predicted molar refractivity (Wildman–Crippen MR) is 70.7 cm³/mol. The predicted octanol–water partition coefficient (Wildman–Crippen LogP) is 2.85. The number of rotatable bonds is 5. The van der Waals surface area contributed by atoms with Gasteiger partial charge in [0.05, 0.1) is 23.0 Å². The van der Waals surface area contributed by atoms with Crippen LogP contribution in [0.25, 0.3) is 0 Å². The molecule has 0 heterocycles. The Labute approximate surface area is 102 Å². The van der Waals surface area contributed by atoms with Crippen LogP contribution in [0.2, 0.25) is 5.02 Å². The van der Waals surface area contributed by atoms with Crippen molar-refractivity contribution in [3.63, 3.8) is 0 Å². The first-order valence-electron chi connectivity index (χ1n) is 5.27. The van der Waals surface area contributed by atoms with Crippen LogP contribution in [-0.4, -0.2) is 33.9 Å². The first-order valence-corrected chi connectivity index (χ1v) is 5.65. The first kappa shape index (κ1) is 13.1. The number of para-hydroxylation sites is 1. The third-order valence-corrected chi connectivity index (χ3v) is 2.56. The molecular weight excluding hydrogens is 224 g/mol. The Balaban J connectivity index is 2.90. The Hall–Kier alpha value is -0.930. The zero-order chi connectivity index (χ0) is 12.1. The monoisotopic (exact) mass is 242 g/mol. The average Bonchev–Trinajstić information content (AvgIpc) is 2.17. The van der Waals surface area contributed by atoms with Gasteiger partial charge in [0.25, 0.3) is 0 Å². The highest BCUT2D eigenvalue weighted by Gasteiger charge is 2.10. The smallest absolute Gasteiger partial charge is 0.0786 e. The van der Waals surface area contributed by atoms with Crippen molar-refractivity contribution in [1.29, 1.82) is 0 Å². The van der Waals surface area contributed by atoms with Gasteiger partial charge >= 0.3 is 0 Å². The lowest BCUT2D eigenvalue weighted by Crippen LogP contribution is -2.22. The summed E-state index contributed by atoms with van der Waals surface area (Å²) < 4.78 is 5.10. The van der Waals surface area contributed by atoms with E-state index in [0.29, 0.717) is 6.61 Å². The number of hydrogen-bond acceptors (Lipinski definition) is 3. The SMILES string of the molecule is COCC(C)Nc1cccc(Cl)c1N(C)C. The van der Waals surface area contributed by atoms with E-state index in [1.54, 1.807) is 7.11 Å². The van der Waals surface area contributed by atoms with Crippen LogP contribution in [0.3, 0.4) is 0 Å². The summed E-state index contributed by atoms with van der Waals surface area (Å²) in [6.45, 7) is 2.74. The molecule has 1 N–H and O–H groups in total. The lowest BCUT2D eigenvalue weighted by atomic mass is 10.2. The highest BCUT2D eigenvalue weighted by atomic mass is 35.5. The van der Waals surface area contributed by atoms with Crippen molar-refractivity contribution in [2.45, 2.75) is 13.0 Å². The number of methoxy groups -OCH3 is 1. The summed E-state index contributed by atoms with van der Waals surface area (Å²) in [7, 11) is 5.66. The minimum absolute atomic E-state index is 0.252. The zero-order valence-electron chi connectivity index (χ0n) is 10.2. The Morgan fingerprint density at radius 2 is 2.12 bits per heavy atom. The van der Waals surface area contributed by atoms with Crippen LogP contribution >= 0.6 is 11.6 Å². The van der Waals surface area contributed by atoms with Gasteiger partial charge in [-0.3, -0.25) is 0 Å². The molecule has 90 valence electrons. The molecule has 0 radical (unpaired) electrons. The van der Waals surface area contributed by atoms with Crippen molar-refractivity contribution in [2.24, 2.45) is 0 Å². The highest BCUT2D eigenvalue weighted by Crippen LogP contribution is 2.32. The van der Waals surface area contributed by atoms with Crippen molar-refractivity contribution in [1.82, 2.24) is 0 Å². The van der Waals surface area contributed by atoms with Crippen molar-refractivity contribution in [3.8, 4) is 0 Å². The third-order valence-electron chi connectivity index (χ3n) is 2.25. The molecule has 0 fully saturated rings. The average molecular weight is 243 g/mol. The van der Waals surface area contributed by atoms with Gasteiger partial charge in [0, 0.05) is 27.2 Å². The first-order chi connectivity index (χ1) is 7.56. The molecule has 1 rings (SSSR count). The van der Waals surface area contributed by atoms with Crippen LogP contribution in [0.1, 0.15) is 6.92 Å². The molecule has 0 saturated heterocycles. The van der Waals surface area contributed by atoms with Crippen LogP contribution in [0.5, 0.6) is 0 Å². The third kappa shape index (κ3) is 3.29. The quantitative estimate of drug-likeness (QED) is 0.860. The van der Waals surface area contributed by atoms with E-state index >= 15 is 0 Å². The minimum atomic E-state index is 0.252. The van der Waals surface area contributed by atoms with Gasteiger partial charge in [0.1, 0.15) is 0 Å². The molecule has 16 heavy (non-hydrogen) atoms. The van der Waals surface area contributed by atoms with Gasteiger partial charge in [-0.2, -0.15) is 0 Å². The molecule has 0 bridgehead atoms. The molecule has 0 aliphatic heterocycles. The molecule has 0 spiro atoms. The van der Waals surface area contributed by atoms with E-state index < -0.39 is 0 Å². The topological polar surface area (TPSA) is 24.5 Å². The van der Waals surface area contributed by atoms with Crippen molar-refractivity contribution >= 4 is 23.0 Å². The molecule has 1 aromatic rings. The second-order valence-electron chi connectivity index (χ2n) is 4.03. The molecule has 0 amide bonds. The molecule has 0 aliphatic carbocycles. The lowest BCUT2D eigenvalue weighted by Gasteiger charge is -2.22. The summed E-state index contributed by atoms with van der Waals surface area (Å²) in [5, 5.41) is 4.13. The van der Waals surface area contributed by atoms with Crippen molar-refractivity contribution in [3.05, 3.63) is 23.2 Å². The van der Waals surface area contributed by atoms with Crippen LogP contribution in [-0.2, 0) is 4.74 Å². The number of nitrogens with one attached hydrogen (secondary N) is 1. The minimum Gasteiger partial charge on any atom is -0.383 e. The number of hydrogen-bond donors (Lipinski definition) is 1. The van der Waals surface area contributed by atoms with E-state index in [0.717, 1.165) is 16.4 Å². The van der Waals surface area contributed by atoms with Crippen LogP contribution < -0.4 is 10.2 Å². The van der Waals surface area contributed by atoms with Crippen LogP contribution in [0, 0.1) is 0 Å². The van der Waals surface area contributed by atoms with Crippen molar-refractivity contribution in [2.75, 3.05) is 38.0 Å². The van der Waals surface area contributed by atoms with Gasteiger partial charge in [-0.05, 0) is 19.1 Å². The molecule has 4 heteroatoms. The molecule has 0 aromatic heterocycles. The van der Waals surface area contributed by atoms with Gasteiger partial charge < -0.3 is 15.0 Å². The number of nitrogens with zero attached hydrogens (tertiary/aromatic N) is 1. The molecule has 1 atom stereocenters. The summed E-state index contributed by atoms with van der Waals surface area (Å²) in [6.07, 6.45) is 0. The maximum absolute atomic E-state index is 6.17. The maximum atomic E-state index is 6.17. The summed E-state index contributed by atoms with van der Waals surface area (Å²) in [6, 6.07) is 6.11. The van der Waals surface area contributed by atoms with E-state index in [-0.39, 0.29) is 6.04 Å². The van der Waals surface area contributed by atoms with Crippen molar-refractivity contribution < 1.29 is 4.74 Å². The van der Waals surface area contributed by atoms with Crippen LogP contribution in [0.15, 0.2) is 18.2 Å². The number of halogens is 1. The Kier molecular flexibility index (Phi) is 4.90. The van der Waals surface area contributed by atoms with E-state index in [9.17, 15) is 0 Å². The van der Waals surface area contributed by atoms with Gasteiger partial charge in [-0.15, -0.1) is 0 Å². The highest BCUT2D eigenvalue weighted by molar-refractivity contribution is 6.34. The molecular formula is C12H19ClN2O. The number of ether oxygens (including phenoxy) is 1. The van der Waals surface area contributed by atoms with Gasteiger partial charge in [0.15, 0.2) is 0 Å². The molecule has 1 aromatic carbocycles. The maximum Gasteiger partial charge on any atom is 0.0786 e. The fourth-order valence-electron chi connectivity index (χ4n) is 1.64. The van der Waals surface area contributed by atoms with E-state index in [2.05, 4.69) is 12.2 Å². The largest absolute Gasteiger partial charge is 0.383 e. The Bertz CT molecular complexity index is 342. The number of benzene rings is 1. The van der Waals surface area contributed by atoms with E-state index in [1.165, 1.54) is 0 Å². The Morgan fingerprint density at radius 1 is 1.44 bits per heavy atom. The van der Waals surface area contributed by atoms with E-state index in [1.807, 2.05) is 37.2 Å². The van der Waals surface area contributed by atoms with Gasteiger partial charge in [-0.1, -0.05) is 17.7 Å². The summed E-state index contributed by atoms with van der Waals surface area (Å²) in [4.78, 5) is 2.00. The fourth-order valence-corrected chi connectivity index (χ4v) is 1.99. The van der Waals surface area contributed by atoms with E-state index in [4.69, 9.17) is 16.3 Å². The molecule has 0 aliphatic rings. The van der Waals surface area contributed by atoms with Crippen LogP contribution in [0.4, 0.5) is 11.4 Å². The summed E-state index contributed by atoms with van der Waals surface area (Å²) in [5.41, 5.74) is 2.04. The summed E-state index contributed by atoms with van der Waals surface area (Å²) in [5.74, 6) is 0. The lowest BCUT2D eigenvalue weighted by molar-refractivity contribution is 0.190. The van der Waals surface area contributed by atoms with Gasteiger partial charge in [0.2, 0.25) is 0 Å². The van der Waals surface area contributed by atoms with Gasteiger partial charge in [-0.25, -0.2) is 0 Å². The molecule has 0 saturated carbocycles. The fraction of sp³-hybridized carbons (Fsp3) is 0.500. The standard InChI is InChI=1S/C12H19ClN2O/c1-9(8-16-4)14-11-7-5-6-10(13)12(11)15(2)3/h5-7,9,14H,8H2,1-4H3.